The van der Waals surface area contributed by atoms with E-state index in [2.05, 4.69) is 102 Å². The number of para-hydroxylation sites is 1. The third kappa shape index (κ3) is 3.13. The standard InChI is InChI=1S/C36H24NOP/c38-39(28-13-5-2-6-14-28)34-18-10-8-16-30(34)32-24-23-31-29-15-7-9-17-33(29)37(35(31)36(32)39)27-21-19-26(20-22-27)25-11-3-1-4-12-25/h1-24H. The van der Waals surface area contributed by atoms with Crippen molar-refractivity contribution >= 4 is 44.9 Å². The molecule has 0 radical (unpaired) electrons. The summed E-state index contributed by atoms with van der Waals surface area (Å²) in [6.45, 7) is 0. The van der Waals surface area contributed by atoms with E-state index in [0.717, 1.165) is 54.5 Å². The molecule has 39 heavy (non-hydrogen) atoms. The highest BCUT2D eigenvalue weighted by Gasteiger charge is 2.42. The van der Waals surface area contributed by atoms with Gasteiger partial charge in [0, 0.05) is 27.1 Å². The largest absolute Gasteiger partial charge is 0.309 e. The quantitative estimate of drug-likeness (QED) is 0.217. The van der Waals surface area contributed by atoms with E-state index in [1.54, 1.807) is 0 Å². The van der Waals surface area contributed by atoms with Crippen LogP contribution in [0.25, 0.3) is 49.7 Å². The van der Waals surface area contributed by atoms with Crippen LogP contribution in [0.1, 0.15) is 0 Å². The van der Waals surface area contributed by atoms with Crippen molar-refractivity contribution in [3.63, 3.8) is 0 Å². The average molecular weight is 518 g/mol. The maximum atomic E-state index is 15.6. The van der Waals surface area contributed by atoms with Gasteiger partial charge in [-0.05, 0) is 40.5 Å². The fraction of sp³-hybridized carbons (Fsp3) is 0. The van der Waals surface area contributed by atoms with Gasteiger partial charge in [-0.1, -0.05) is 127 Å². The molecule has 8 rings (SSSR count). The van der Waals surface area contributed by atoms with Crippen molar-refractivity contribution in [2.45, 2.75) is 0 Å². The van der Waals surface area contributed by atoms with Crippen LogP contribution in [-0.4, -0.2) is 4.57 Å². The number of rotatable bonds is 3. The molecular weight excluding hydrogens is 493 g/mol. The number of fused-ring (bicyclic) bond motifs is 7. The van der Waals surface area contributed by atoms with Crippen LogP contribution in [0.5, 0.6) is 0 Å². The summed E-state index contributed by atoms with van der Waals surface area (Å²) in [5.74, 6) is 0. The van der Waals surface area contributed by atoms with Crippen molar-refractivity contribution in [1.29, 1.82) is 0 Å². The lowest BCUT2D eigenvalue weighted by Gasteiger charge is -2.18. The van der Waals surface area contributed by atoms with E-state index in [4.69, 9.17) is 0 Å². The third-order valence-electron chi connectivity index (χ3n) is 8.01. The summed E-state index contributed by atoms with van der Waals surface area (Å²) < 4.78 is 17.9. The summed E-state index contributed by atoms with van der Waals surface area (Å²) >= 11 is 0. The minimum absolute atomic E-state index is 0.875. The Morgan fingerprint density at radius 1 is 0.487 bits per heavy atom. The molecule has 1 unspecified atom stereocenters. The number of nitrogens with zero attached hydrogens (tertiary/aromatic N) is 1. The normalized spacial score (nSPS) is 15.9. The molecule has 2 heterocycles. The lowest BCUT2D eigenvalue weighted by atomic mass is 10.0. The molecular formula is C36H24NOP. The zero-order valence-electron chi connectivity index (χ0n) is 21.2. The zero-order valence-corrected chi connectivity index (χ0v) is 22.1. The molecule has 1 aliphatic heterocycles. The van der Waals surface area contributed by atoms with E-state index in [9.17, 15) is 0 Å². The molecule has 0 saturated heterocycles. The maximum Gasteiger partial charge on any atom is 0.174 e. The SMILES string of the molecule is O=P1(c2ccccc2)c2ccccc2-c2ccc3c4ccccc4n(-c4ccc(-c5ccccc5)cc4)c3c21. The van der Waals surface area contributed by atoms with Crippen molar-refractivity contribution in [1.82, 2.24) is 4.57 Å². The van der Waals surface area contributed by atoms with Gasteiger partial charge >= 0.3 is 0 Å². The number of benzene rings is 6. The summed E-state index contributed by atoms with van der Waals surface area (Å²) in [6.07, 6.45) is 0. The van der Waals surface area contributed by atoms with Gasteiger partial charge in [0.15, 0.2) is 7.14 Å². The Hall–Kier alpha value is -4.65. The Kier molecular flexibility index (Phi) is 4.83. The first-order chi connectivity index (χ1) is 19.2. The van der Waals surface area contributed by atoms with E-state index in [1.165, 1.54) is 11.1 Å². The molecule has 7 aromatic rings. The molecule has 3 heteroatoms. The summed E-state index contributed by atoms with van der Waals surface area (Å²) in [6, 6.07) is 50.3. The van der Waals surface area contributed by atoms with Gasteiger partial charge in [-0.2, -0.15) is 0 Å². The molecule has 0 saturated carbocycles. The molecule has 0 bridgehead atoms. The first kappa shape index (κ1) is 22.3. The molecule has 1 aromatic heterocycles. The van der Waals surface area contributed by atoms with Crippen molar-refractivity contribution < 1.29 is 4.57 Å². The van der Waals surface area contributed by atoms with Gasteiger partial charge in [0.1, 0.15) is 0 Å². The molecule has 0 N–H and O–H groups in total. The minimum atomic E-state index is -3.13. The molecule has 0 aliphatic carbocycles. The molecule has 1 aliphatic rings. The lowest BCUT2D eigenvalue weighted by molar-refractivity contribution is 0.593. The number of hydrogen-bond donors (Lipinski definition) is 0. The van der Waals surface area contributed by atoms with Crippen LogP contribution in [0.3, 0.4) is 0 Å². The molecule has 2 nitrogen and oxygen atoms in total. The highest BCUT2D eigenvalue weighted by molar-refractivity contribution is 7.86. The van der Waals surface area contributed by atoms with E-state index in [-0.39, 0.29) is 0 Å². The first-order valence-corrected chi connectivity index (χ1v) is 14.9. The first-order valence-electron chi connectivity index (χ1n) is 13.2. The van der Waals surface area contributed by atoms with Gasteiger partial charge in [0.25, 0.3) is 0 Å². The summed E-state index contributed by atoms with van der Waals surface area (Å²) in [5, 5.41) is 5.03. The average Bonchev–Trinajstić information content (AvgIpc) is 3.49. The highest BCUT2D eigenvalue weighted by Crippen LogP contribution is 2.54. The van der Waals surface area contributed by atoms with Crippen LogP contribution >= 0.6 is 7.14 Å². The third-order valence-corrected chi connectivity index (χ3v) is 11.2. The van der Waals surface area contributed by atoms with E-state index < -0.39 is 7.14 Å². The van der Waals surface area contributed by atoms with E-state index in [1.807, 2.05) is 48.5 Å². The van der Waals surface area contributed by atoms with Gasteiger partial charge in [-0.15, -0.1) is 0 Å². The van der Waals surface area contributed by atoms with E-state index >= 15 is 4.57 Å². The van der Waals surface area contributed by atoms with Crippen LogP contribution in [-0.2, 0) is 4.57 Å². The topological polar surface area (TPSA) is 22.0 Å². The van der Waals surface area contributed by atoms with Crippen LogP contribution < -0.4 is 15.9 Å². The van der Waals surface area contributed by atoms with Crippen molar-refractivity contribution in [3.8, 4) is 27.9 Å². The lowest BCUT2D eigenvalue weighted by Crippen LogP contribution is -2.22. The van der Waals surface area contributed by atoms with Crippen LogP contribution in [0, 0.1) is 0 Å². The van der Waals surface area contributed by atoms with E-state index in [0.29, 0.717) is 0 Å². The second-order valence-corrected chi connectivity index (χ2v) is 12.7. The second kappa shape index (κ2) is 8.43. The highest BCUT2D eigenvalue weighted by atomic mass is 31.2. The summed E-state index contributed by atoms with van der Waals surface area (Å²) in [7, 11) is -3.13. The van der Waals surface area contributed by atoms with Crippen molar-refractivity contribution in [2.24, 2.45) is 0 Å². The fourth-order valence-corrected chi connectivity index (χ4v) is 9.53. The van der Waals surface area contributed by atoms with Gasteiger partial charge in [0.2, 0.25) is 0 Å². The Bertz CT molecular complexity index is 2070. The smallest absolute Gasteiger partial charge is 0.174 e. The predicted molar refractivity (Wildman–Crippen MR) is 165 cm³/mol. The fourth-order valence-electron chi connectivity index (χ4n) is 6.28. The van der Waals surface area contributed by atoms with Crippen molar-refractivity contribution in [2.75, 3.05) is 0 Å². The predicted octanol–water partition coefficient (Wildman–Crippen LogP) is 8.07. The van der Waals surface area contributed by atoms with Gasteiger partial charge in [-0.3, -0.25) is 0 Å². The Labute approximate surface area is 227 Å². The van der Waals surface area contributed by atoms with Crippen LogP contribution in [0.15, 0.2) is 146 Å². The monoisotopic (exact) mass is 517 g/mol. The molecule has 1 atom stereocenters. The Morgan fingerprint density at radius 2 is 1.13 bits per heavy atom. The van der Waals surface area contributed by atoms with Crippen LogP contribution in [0.4, 0.5) is 0 Å². The summed E-state index contributed by atoms with van der Waals surface area (Å²) in [5.41, 5.74) is 7.70. The molecule has 6 aromatic carbocycles. The van der Waals surface area contributed by atoms with Gasteiger partial charge in [-0.25, -0.2) is 0 Å². The maximum absolute atomic E-state index is 15.6. The van der Waals surface area contributed by atoms with Crippen molar-refractivity contribution in [3.05, 3.63) is 146 Å². The Balaban J connectivity index is 1.49. The Morgan fingerprint density at radius 3 is 1.92 bits per heavy atom. The second-order valence-electron chi connectivity index (χ2n) is 10.1. The van der Waals surface area contributed by atoms with Gasteiger partial charge < -0.3 is 9.13 Å². The number of aromatic nitrogens is 1. The van der Waals surface area contributed by atoms with Crippen LogP contribution in [0.2, 0.25) is 0 Å². The zero-order chi connectivity index (χ0) is 26.0. The molecule has 0 spiro atoms. The molecule has 0 fully saturated rings. The summed E-state index contributed by atoms with van der Waals surface area (Å²) in [4.78, 5) is 0. The van der Waals surface area contributed by atoms with Gasteiger partial charge in [0.05, 0.1) is 16.3 Å². The number of hydrogen-bond acceptors (Lipinski definition) is 1. The molecule has 184 valence electrons. The minimum Gasteiger partial charge on any atom is -0.309 e. The molecule has 0 amide bonds.